The van der Waals surface area contributed by atoms with E-state index >= 15 is 0 Å². The summed E-state index contributed by atoms with van der Waals surface area (Å²) in [7, 11) is -0.754. The van der Waals surface area contributed by atoms with E-state index < -0.39 is 44.9 Å². The quantitative estimate of drug-likeness (QED) is 0.218. The molecule has 9 heteroatoms. The molecule has 0 bridgehead atoms. The Morgan fingerprint density at radius 2 is 1.83 bits per heavy atom. The topological polar surface area (TPSA) is 103 Å². The van der Waals surface area contributed by atoms with Gasteiger partial charge in [-0.1, -0.05) is 44.1 Å². The van der Waals surface area contributed by atoms with Crippen LogP contribution in [0.3, 0.4) is 0 Å². The van der Waals surface area contributed by atoms with Gasteiger partial charge in [-0.2, -0.15) is 0 Å². The van der Waals surface area contributed by atoms with Gasteiger partial charge in [0.05, 0.1) is 17.8 Å². The number of nitrogens with zero attached hydrogens (tertiary/aromatic N) is 3. The first-order valence-corrected chi connectivity index (χ1v) is 12.6. The van der Waals surface area contributed by atoms with Crippen LogP contribution in [0.4, 0.5) is 0 Å². The average Bonchev–Trinajstić information content (AvgIpc) is 2.66. The van der Waals surface area contributed by atoms with Gasteiger partial charge in [0.2, 0.25) is 0 Å². The lowest BCUT2D eigenvalue weighted by molar-refractivity contribution is -0.255. The van der Waals surface area contributed by atoms with Crippen molar-refractivity contribution in [2.75, 3.05) is 7.11 Å². The number of azide groups is 1. The standard InChI is InChI=1S/C20H31N3O5Si/c1-13-16(28-29(6,7)20(2,3)4)15(22-23-21)17(19(25-5)26-13)27-18(24)14-11-9-8-10-12-14/h8-13,15-17,19H,1-7H3/t13-,15+,16-,17-,19+/m1/s1. The van der Waals surface area contributed by atoms with Gasteiger partial charge in [-0.25, -0.2) is 4.79 Å². The van der Waals surface area contributed by atoms with Crippen LogP contribution in [0.1, 0.15) is 38.1 Å². The minimum absolute atomic E-state index is 0.0536. The van der Waals surface area contributed by atoms with Crippen molar-refractivity contribution < 1.29 is 23.4 Å². The van der Waals surface area contributed by atoms with Crippen LogP contribution in [0, 0.1) is 0 Å². The Labute approximate surface area is 173 Å². The van der Waals surface area contributed by atoms with Gasteiger partial charge in [0.15, 0.2) is 20.7 Å². The van der Waals surface area contributed by atoms with Crippen molar-refractivity contribution in [1.29, 1.82) is 0 Å². The summed E-state index contributed by atoms with van der Waals surface area (Å²) in [6.45, 7) is 12.4. The zero-order chi connectivity index (χ0) is 21.8. The van der Waals surface area contributed by atoms with Gasteiger partial charge in [0.1, 0.15) is 6.04 Å². The highest BCUT2D eigenvalue weighted by Crippen LogP contribution is 2.40. The second-order valence-electron chi connectivity index (χ2n) is 8.72. The lowest BCUT2D eigenvalue weighted by atomic mass is 9.97. The van der Waals surface area contributed by atoms with E-state index in [4.69, 9.17) is 18.6 Å². The van der Waals surface area contributed by atoms with E-state index in [9.17, 15) is 10.3 Å². The fourth-order valence-corrected chi connectivity index (χ4v) is 4.31. The van der Waals surface area contributed by atoms with Gasteiger partial charge in [0, 0.05) is 12.0 Å². The number of benzene rings is 1. The summed E-state index contributed by atoms with van der Waals surface area (Å²) >= 11 is 0. The third kappa shape index (κ3) is 5.37. The Bertz CT molecular complexity index is 746. The molecule has 0 aromatic heterocycles. The number of rotatable bonds is 6. The monoisotopic (exact) mass is 421 g/mol. The maximum Gasteiger partial charge on any atom is 0.338 e. The Morgan fingerprint density at radius 3 is 2.34 bits per heavy atom. The molecule has 1 aromatic rings. The van der Waals surface area contributed by atoms with E-state index in [1.807, 2.05) is 13.0 Å². The van der Waals surface area contributed by atoms with Crippen molar-refractivity contribution in [3.05, 3.63) is 46.3 Å². The van der Waals surface area contributed by atoms with Crippen LogP contribution < -0.4 is 0 Å². The van der Waals surface area contributed by atoms with Gasteiger partial charge < -0.3 is 18.6 Å². The van der Waals surface area contributed by atoms with E-state index in [1.165, 1.54) is 7.11 Å². The molecule has 160 valence electrons. The minimum atomic E-state index is -2.22. The number of carbonyl (C=O) groups is 1. The van der Waals surface area contributed by atoms with Crippen molar-refractivity contribution in [3.8, 4) is 0 Å². The first kappa shape index (κ1) is 23.4. The summed E-state index contributed by atoms with van der Waals surface area (Å²) in [6.07, 6.45) is -2.77. The normalized spacial score (nSPS) is 27.8. The molecule has 0 spiro atoms. The summed E-state index contributed by atoms with van der Waals surface area (Å²) in [4.78, 5) is 15.6. The molecule has 29 heavy (non-hydrogen) atoms. The van der Waals surface area contributed by atoms with E-state index in [0.29, 0.717) is 5.56 Å². The molecule has 5 atom stereocenters. The van der Waals surface area contributed by atoms with Crippen molar-refractivity contribution in [3.63, 3.8) is 0 Å². The summed E-state index contributed by atoms with van der Waals surface area (Å²) in [5, 5.41) is 3.89. The molecule has 0 N–H and O–H groups in total. The van der Waals surface area contributed by atoms with E-state index in [1.54, 1.807) is 24.3 Å². The van der Waals surface area contributed by atoms with Crippen molar-refractivity contribution in [1.82, 2.24) is 0 Å². The first-order valence-electron chi connectivity index (χ1n) is 9.68. The number of methoxy groups -OCH3 is 1. The molecule has 1 aliphatic heterocycles. The molecule has 8 nitrogen and oxygen atoms in total. The van der Waals surface area contributed by atoms with Crippen LogP contribution in [0.2, 0.25) is 18.1 Å². The lowest BCUT2D eigenvalue weighted by Gasteiger charge is -2.47. The molecule has 0 amide bonds. The highest BCUT2D eigenvalue weighted by atomic mass is 28.4. The Kier molecular flexibility index (Phi) is 7.48. The van der Waals surface area contributed by atoms with E-state index in [2.05, 4.69) is 43.9 Å². The molecule has 1 fully saturated rings. The molecule has 0 radical (unpaired) electrons. The number of ether oxygens (including phenoxy) is 3. The van der Waals surface area contributed by atoms with Crippen LogP contribution in [-0.4, -0.2) is 52.0 Å². The molecular weight excluding hydrogens is 390 g/mol. The van der Waals surface area contributed by atoms with Crippen molar-refractivity contribution >= 4 is 14.3 Å². The van der Waals surface area contributed by atoms with Gasteiger partial charge >= 0.3 is 5.97 Å². The number of esters is 1. The predicted molar refractivity (Wildman–Crippen MR) is 112 cm³/mol. The van der Waals surface area contributed by atoms with Crippen molar-refractivity contribution in [2.45, 2.75) is 76.5 Å². The molecule has 0 aliphatic carbocycles. The summed E-state index contributed by atoms with van der Waals surface area (Å²) < 4.78 is 23.6. The lowest BCUT2D eigenvalue weighted by Crippen LogP contribution is -2.61. The largest absolute Gasteiger partial charge is 0.453 e. The summed E-state index contributed by atoms with van der Waals surface area (Å²) in [5.74, 6) is -0.542. The fourth-order valence-electron chi connectivity index (χ4n) is 2.95. The number of hydrogen-bond acceptors (Lipinski definition) is 6. The molecule has 0 unspecified atom stereocenters. The Morgan fingerprint density at radius 1 is 1.21 bits per heavy atom. The molecular formula is C20H31N3O5Si. The zero-order valence-corrected chi connectivity index (χ0v) is 19.2. The smallest absolute Gasteiger partial charge is 0.338 e. The maximum atomic E-state index is 12.7. The Hall–Kier alpha value is -1.90. The van der Waals surface area contributed by atoms with Crippen molar-refractivity contribution in [2.24, 2.45) is 5.11 Å². The predicted octanol–water partition coefficient (Wildman–Crippen LogP) is 4.67. The van der Waals surface area contributed by atoms with Crippen LogP contribution in [-0.2, 0) is 18.6 Å². The van der Waals surface area contributed by atoms with Crippen LogP contribution in [0.5, 0.6) is 0 Å². The molecule has 2 rings (SSSR count). The molecule has 1 saturated heterocycles. The number of carbonyl (C=O) groups excluding carboxylic acids is 1. The molecule has 1 heterocycles. The Balaban J connectivity index is 2.36. The van der Waals surface area contributed by atoms with Crippen LogP contribution in [0.25, 0.3) is 10.4 Å². The van der Waals surface area contributed by atoms with Crippen LogP contribution in [0.15, 0.2) is 35.4 Å². The SMILES string of the molecule is CO[C@H]1O[C@H](C)[C@@H](O[Si](C)(C)C(C)(C)C)[C@H](N=[N+]=[N-])[C@H]1OC(=O)c1ccccc1. The van der Waals surface area contributed by atoms with E-state index in [0.717, 1.165) is 0 Å². The second kappa shape index (κ2) is 9.28. The third-order valence-electron chi connectivity index (χ3n) is 5.66. The van der Waals surface area contributed by atoms with Crippen LogP contribution >= 0.6 is 0 Å². The minimum Gasteiger partial charge on any atom is -0.453 e. The highest BCUT2D eigenvalue weighted by Gasteiger charge is 2.50. The van der Waals surface area contributed by atoms with E-state index in [-0.39, 0.29) is 5.04 Å². The first-order chi connectivity index (χ1) is 13.5. The maximum absolute atomic E-state index is 12.7. The second-order valence-corrected chi connectivity index (χ2v) is 13.5. The number of hydrogen-bond donors (Lipinski definition) is 0. The summed E-state index contributed by atoms with van der Waals surface area (Å²) in [5.41, 5.74) is 9.59. The van der Waals surface area contributed by atoms with Gasteiger partial charge in [-0.05, 0) is 42.7 Å². The molecule has 1 aromatic carbocycles. The third-order valence-corrected chi connectivity index (χ3v) is 10.1. The van der Waals surface area contributed by atoms with Gasteiger partial charge in [-0.3, -0.25) is 0 Å². The highest BCUT2D eigenvalue weighted by molar-refractivity contribution is 6.74. The average molecular weight is 422 g/mol. The van der Waals surface area contributed by atoms with Gasteiger partial charge in [0.25, 0.3) is 0 Å². The zero-order valence-electron chi connectivity index (χ0n) is 18.2. The van der Waals surface area contributed by atoms with Gasteiger partial charge in [-0.15, -0.1) is 0 Å². The summed E-state index contributed by atoms with van der Waals surface area (Å²) in [6, 6.07) is 7.84. The molecule has 0 saturated carbocycles. The molecule has 1 aliphatic rings. The fraction of sp³-hybridized carbons (Fsp3) is 0.650.